The van der Waals surface area contributed by atoms with Crippen molar-refractivity contribution >= 4 is 5.97 Å². The number of esters is 1. The monoisotopic (exact) mass is 281 g/mol. The zero-order chi connectivity index (χ0) is 14.5. The van der Waals surface area contributed by atoms with Crippen molar-refractivity contribution in [1.82, 2.24) is 4.90 Å². The fourth-order valence-corrected chi connectivity index (χ4v) is 2.88. The van der Waals surface area contributed by atoms with Crippen LogP contribution in [0.1, 0.15) is 47.6 Å². The number of aliphatic hydroxyl groups excluding tert-OH is 1. The zero-order valence-electron chi connectivity index (χ0n) is 12.2. The van der Waals surface area contributed by atoms with Crippen molar-refractivity contribution < 1.29 is 19.1 Å². The lowest BCUT2D eigenvalue weighted by atomic mass is 10.1. The molecule has 1 saturated heterocycles. The fraction of sp³-hybridized carbons (Fsp3) is 0.667. The van der Waals surface area contributed by atoms with Gasteiger partial charge >= 0.3 is 5.97 Å². The molecule has 0 aromatic carbocycles. The Morgan fingerprint density at radius 3 is 3.10 bits per heavy atom. The molecule has 1 aliphatic heterocycles. The Bertz CT molecular complexity index is 455. The maximum absolute atomic E-state index is 11.5. The van der Waals surface area contributed by atoms with Crippen molar-refractivity contribution in [2.45, 2.75) is 45.2 Å². The highest BCUT2D eigenvalue weighted by Gasteiger charge is 2.26. The molecule has 0 radical (unpaired) electrons. The Balaban J connectivity index is 2.00. The molecule has 2 rings (SSSR count). The van der Waals surface area contributed by atoms with Crippen LogP contribution >= 0.6 is 0 Å². The average molecular weight is 281 g/mol. The number of furan rings is 1. The van der Waals surface area contributed by atoms with E-state index in [4.69, 9.17) is 14.3 Å². The number of rotatable bonds is 6. The number of ether oxygens (including phenoxy) is 1. The van der Waals surface area contributed by atoms with E-state index in [9.17, 15) is 4.79 Å². The van der Waals surface area contributed by atoms with Gasteiger partial charge in [0, 0.05) is 18.2 Å². The van der Waals surface area contributed by atoms with Crippen molar-refractivity contribution in [1.29, 1.82) is 0 Å². The summed E-state index contributed by atoms with van der Waals surface area (Å²) in [7, 11) is 1.36. The zero-order valence-corrected chi connectivity index (χ0v) is 12.2. The summed E-state index contributed by atoms with van der Waals surface area (Å²) in [5.41, 5.74) is 0.818. The minimum Gasteiger partial charge on any atom is -0.463 e. The maximum Gasteiger partial charge on any atom is 0.374 e. The molecule has 5 nitrogen and oxygen atoms in total. The van der Waals surface area contributed by atoms with E-state index in [0.29, 0.717) is 18.3 Å². The van der Waals surface area contributed by atoms with E-state index in [1.807, 2.05) is 13.0 Å². The lowest BCUT2D eigenvalue weighted by Crippen LogP contribution is -2.28. The van der Waals surface area contributed by atoms with Crippen LogP contribution in [0.5, 0.6) is 0 Å². The van der Waals surface area contributed by atoms with Crippen LogP contribution in [0.2, 0.25) is 0 Å². The predicted octanol–water partition coefficient (Wildman–Crippen LogP) is 2.11. The Morgan fingerprint density at radius 2 is 2.40 bits per heavy atom. The molecule has 1 aliphatic rings. The van der Waals surface area contributed by atoms with E-state index in [-0.39, 0.29) is 6.61 Å². The Morgan fingerprint density at radius 1 is 1.60 bits per heavy atom. The van der Waals surface area contributed by atoms with E-state index in [1.165, 1.54) is 20.0 Å². The minimum atomic E-state index is -0.424. The van der Waals surface area contributed by atoms with Crippen molar-refractivity contribution in [2.24, 2.45) is 0 Å². The van der Waals surface area contributed by atoms with Crippen molar-refractivity contribution in [2.75, 3.05) is 20.3 Å². The van der Waals surface area contributed by atoms with Gasteiger partial charge in [0.15, 0.2) is 0 Å². The van der Waals surface area contributed by atoms with Crippen LogP contribution in [0.15, 0.2) is 10.5 Å². The first-order chi connectivity index (χ1) is 9.65. The van der Waals surface area contributed by atoms with Gasteiger partial charge in [-0.3, -0.25) is 4.90 Å². The molecule has 0 bridgehead atoms. The number of likely N-dealkylation sites (tertiary alicyclic amines) is 1. The Labute approximate surface area is 119 Å². The van der Waals surface area contributed by atoms with E-state index in [1.54, 1.807) is 0 Å². The third kappa shape index (κ3) is 3.41. The molecule has 112 valence electrons. The third-order valence-corrected chi connectivity index (χ3v) is 3.89. The van der Waals surface area contributed by atoms with Gasteiger partial charge in [-0.2, -0.15) is 0 Å². The summed E-state index contributed by atoms with van der Waals surface area (Å²) in [5, 5.41) is 8.94. The van der Waals surface area contributed by atoms with Gasteiger partial charge < -0.3 is 14.3 Å². The molecule has 20 heavy (non-hydrogen) atoms. The summed E-state index contributed by atoms with van der Waals surface area (Å²) >= 11 is 0. The molecule has 1 atom stereocenters. The average Bonchev–Trinajstić information content (AvgIpc) is 3.03. The number of aryl methyl sites for hydroxylation is 1. The summed E-state index contributed by atoms with van der Waals surface area (Å²) in [6.45, 7) is 3.86. The van der Waals surface area contributed by atoms with Gasteiger partial charge in [-0.05, 0) is 45.2 Å². The second-order valence-electron chi connectivity index (χ2n) is 5.35. The van der Waals surface area contributed by atoms with Gasteiger partial charge in [0.1, 0.15) is 5.76 Å². The van der Waals surface area contributed by atoms with Gasteiger partial charge in [0.25, 0.3) is 0 Å². The Hall–Kier alpha value is -1.33. The first-order valence-corrected chi connectivity index (χ1v) is 7.18. The number of carbonyl (C=O) groups excluding carboxylic acids is 1. The second-order valence-corrected chi connectivity index (χ2v) is 5.35. The van der Waals surface area contributed by atoms with Gasteiger partial charge in [-0.1, -0.05) is 0 Å². The molecular formula is C15H23NO4. The topological polar surface area (TPSA) is 62.9 Å². The smallest absolute Gasteiger partial charge is 0.374 e. The maximum atomic E-state index is 11.5. The number of methoxy groups -OCH3 is 1. The first kappa shape index (κ1) is 15.1. The molecular weight excluding hydrogens is 258 g/mol. The van der Waals surface area contributed by atoms with Crippen LogP contribution < -0.4 is 0 Å². The molecule has 0 spiro atoms. The number of nitrogens with zero attached hydrogens (tertiary/aromatic N) is 1. The van der Waals surface area contributed by atoms with Crippen LogP contribution in [-0.4, -0.2) is 42.3 Å². The lowest BCUT2D eigenvalue weighted by Gasteiger charge is -2.23. The van der Waals surface area contributed by atoms with Crippen molar-refractivity contribution in [3.8, 4) is 0 Å². The molecule has 5 heteroatoms. The molecule has 1 N–H and O–H groups in total. The summed E-state index contributed by atoms with van der Waals surface area (Å²) in [6.07, 6.45) is 4.20. The van der Waals surface area contributed by atoms with Gasteiger partial charge in [-0.25, -0.2) is 4.79 Å². The summed E-state index contributed by atoms with van der Waals surface area (Å²) in [6, 6.07) is 2.42. The normalized spacial score (nSPS) is 19.4. The fourth-order valence-electron chi connectivity index (χ4n) is 2.88. The number of hydrogen-bond acceptors (Lipinski definition) is 5. The molecule has 1 fully saturated rings. The van der Waals surface area contributed by atoms with Gasteiger partial charge in [-0.15, -0.1) is 0 Å². The highest BCUT2D eigenvalue weighted by Crippen LogP contribution is 2.25. The molecule has 0 saturated carbocycles. The molecule has 1 aromatic rings. The largest absolute Gasteiger partial charge is 0.463 e. The van der Waals surface area contributed by atoms with Crippen LogP contribution in [0.3, 0.4) is 0 Å². The van der Waals surface area contributed by atoms with E-state index in [2.05, 4.69) is 4.90 Å². The minimum absolute atomic E-state index is 0.247. The van der Waals surface area contributed by atoms with Crippen molar-refractivity contribution in [3.05, 3.63) is 23.2 Å². The second kappa shape index (κ2) is 6.90. The quantitative estimate of drug-likeness (QED) is 0.809. The van der Waals surface area contributed by atoms with Crippen LogP contribution in [0.4, 0.5) is 0 Å². The number of carbonyl (C=O) groups is 1. The molecule has 1 aromatic heterocycles. The van der Waals surface area contributed by atoms with E-state index in [0.717, 1.165) is 30.7 Å². The summed E-state index contributed by atoms with van der Waals surface area (Å²) in [4.78, 5) is 13.9. The third-order valence-electron chi connectivity index (χ3n) is 3.89. The highest BCUT2D eigenvalue weighted by molar-refractivity contribution is 5.87. The van der Waals surface area contributed by atoms with Crippen LogP contribution in [0, 0.1) is 6.92 Å². The van der Waals surface area contributed by atoms with Crippen LogP contribution in [0.25, 0.3) is 0 Å². The molecule has 0 amide bonds. The first-order valence-electron chi connectivity index (χ1n) is 7.18. The number of aliphatic hydroxyl groups is 1. The van der Waals surface area contributed by atoms with Gasteiger partial charge in [0.05, 0.1) is 13.7 Å². The van der Waals surface area contributed by atoms with Crippen molar-refractivity contribution in [3.63, 3.8) is 0 Å². The predicted molar refractivity (Wildman–Crippen MR) is 74.5 cm³/mol. The van der Waals surface area contributed by atoms with Gasteiger partial charge in [0.2, 0.25) is 5.76 Å². The SMILES string of the molecule is COC(=O)c1oc(CN2CCCC2CCCO)cc1C. The van der Waals surface area contributed by atoms with E-state index >= 15 is 0 Å². The molecule has 0 aliphatic carbocycles. The summed E-state index contributed by atoms with van der Waals surface area (Å²) in [5.74, 6) is 0.680. The molecule has 1 unspecified atom stereocenters. The molecule has 2 heterocycles. The Kier molecular flexibility index (Phi) is 5.20. The number of hydrogen-bond donors (Lipinski definition) is 1. The lowest BCUT2D eigenvalue weighted by molar-refractivity contribution is 0.0559. The van der Waals surface area contributed by atoms with Crippen LogP contribution in [-0.2, 0) is 11.3 Å². The van der Waals surface area contributed by atoms with E-state index < -0.39 is 5.97 Å². The summed E-state index contributed by atoms with van der Waals surface area (Å²) < 4.78 is 10.3. The highest BCUT2D eigenvalue weighted by atomic mass is 16.5. The standard InChI is InChI=1S/C15H23NO4/c1-11-9-13(20-14(11)15(18)19-2)10-16-7-3-5-12(16)6-4-8-17/h9,12,17H,3-8,10H2,1-2H3.